The third kappa shape index (κ3) is 1.40. The van der Waals surface area contributed by atoms with Crippen molar-refractivity contribution >= 4 is 17.8 Å². The summed E-state index contributed by atoms with van der Waals surface area (Å²) in [5, 5.41) is 13.5. The second kappa shape index (κ2) is 3.57. The van der Waals surface area contributed by atoms with Gasteiger partial charge in [0.1, 0.15) is 5.76 Å². The molecular weight excluding hydrogens is 192 g/mol. The summed E-state index contributed by atoms with van der Waals surface area (Å²) in [7, 11) is 1.63. The maximum absolute atomic E-state index is 11.8. The molecule has 1 aromatic rings. The van der Waals surface area contributed by atoms with Gasteiger partial charge in [-0.1, -0.05) is 24.3 Å². The maximum Gasteiger partial charge on any atom is 0.199 e. The minimum atomic E-state index is -0.192. The van der Waals surface area contributed by atoms with Gasteiger partial charge >= 0.3 is 0 Å². The molecule has 1 aliphatic rings. The number of fused-ring (bicyclic) bond motifs is 1. The van der Waals surface area contributed by atoms with Gasteiger partial charge in [0.25, 0.3) is 0 Å². The molecule has 4 nitrogen and oxygen atoms in total. The van der Waals surface area contributed by atoms with Crippen molar-refractivity contribution in [2.24, 2.45) is 5.10 Å². The molecule has 0 heterocycles. The normalized spacial score (nSPS) is 14.9. The molecule has 0 amide bonds. The first-order chi connectivity index (χ1) is 7.25. The zero-order valence-electron chi connectivity index (χ0n) is 8.19. The van der Waals surface area contributed by atoms with E-state index in [1.165, 1.54) is 6.21 Å². The fourth-order valence-corrected chi connectivity index (χ4v) is 1.53. The Bertz CT molecular complexity index is 475. The number of hydrazone groups is 1. The molecule has 2 N–H and O–H groups in total. The summed E-state index contributed by atoms with van der Waals surface area (Å²) >= 11 is 0. The van der Waals surface area contributed by atoms with Gasteiger partial charge in [0, 0.05) is 18.2 Å². The van der Waals surface area contributed by atoms with E-state index >= 15 is 0 Å². The molecule has 76 valence electrons. The van der Waals surface area contributed by atoms with Crippen molar-refractivity contribution in [3.63, 3.8) is 0 Å². The molecule has 0 fully saturated rings. The highest BCUT2D eigenvalue weighted by Crippen LogP contribution is 2.29. The van der Waals surface area contributed by atoms with Crippen LogP contribution in [-0.2, 0) is 0 Å². The second-order valence-electron chi connectivity index (χ2n) is 3.12. The first kappa shape index (κ1) is 9.45. The highest BCUT2D eigenvalue weighted by atomic mass is 16.3. The lowest BCUT2D eigenvalue weighted by molar-refractivity contribution is 0.104. The van der Waals surface area contributed by atoms with Crippen molar-refractivity contribution in [2.75, 3.05) is 7.05 Å². The topological polar surface area (TPSA) is 61.7 Å². The lowest BCUT2D eigenvalue weighted by Crippen LogP contribution is -2.03. The minimum absolute atomic E-state index is 0.00500. The Kier molecular flexibility index (Phi) is 2.25. The Morgan fingerprint density at radius 1 is 1.33 bits per heavy atom. The summed E-state index contributed by atoms with van der Waals surface area (Å²) < 4.78 is 0. The van der Waals surface area contributed by atoms with E-state index in [0.29, 0.717) is 11.1 Å². The van der Waals surface area contributed by atoms with Crippen LogP contribution in [0.5, 0.6) is 0 Å². The van der Waals surface area contributed by atoms with Crippen LogP contribution in [0.25, 0.3) is 5.76 Å². The number of carbonyl (C=O) groups excluding carboxylic acids is 1. The van der Waals surface area contributed by atoms with Gasteiger partial charge in [0.15, 0.2) is 5.78 Å². The number of hydrogen-bond donors (Lipinski definition) is 2. The molecule has 1 aromatic carbocycles. The van der Waals surface area contributed by atoms with Gasteiger partial charge in [-0.15, -0.1) is 0 Å². The van der Waals surface area contributed by atoms with E-state index in [1.54, 1.807) is 31.3 Å². The van der Waals surface area contributed by atoms with Crippen LogP contribution >= 0.6 is 0 Å². The van der Waals surface area contributed by atoms with Gasteiger partial charge in [-0.25, -0.2) is 0 Å². The third-order valence-electron chi connectivity index (χ3n) is 2.25. The SMILES string of the molecule is CN/N=C/C1=C(O)c2ccccc2C1=O. The van der Waals surface area contributed by atoms with Crippen LogP contribution in [-0.4, -0.2) is 24.2 Å². The lowest BCUT2D eigenvalue weighted by atomic mass is 10.1. The number of allylic oxidation sites excluding steroid dienone is 1. The predicted octanol–water partition coefficient (Wildman–Crippen LogP) is 1.36. The van der Waals surface area contributed by atoms with Crippen LogP contribution in [0.15, 0.2) is 34.9 Å². The van der Waals surface area contributed by atoms with E-state index in [4.69, 9.17) is 0 Å². The van der Waals surface area contributed by atoms with E-state index in [9.17, 15) is 9.90 Å². The van der Waals surface area contributed by atoms with Crippen LogP contribution in [0.3, 0.4) is 0 Å². The van der Waals surface area contributed by atoms with Gasteiger partial charge in [0.2, 0.25) is 0 Å². The lowest BCUT2D eigenvalue weighted by Gasteiger charge is -1.95. The summed E-state index contributed by atoms with van der Waals surface area (Å²) in [4.78, 5) is 11.8. The van der Waals surface area contributed by atoms with Gasteiger partial charge < -0.3 is 10.5 Å². The Hall–Kier alpha value is -2.10. The first-order valence-electron chi connectivity index (χ1n) is 4.53. The third-order valence-corrected chi connectivity index (χ3v) is 2.25. The van der Waals surface area contributed by atoms with Crippen molar-refractivity contribution in [3.8, 4) is 0 Å². The van der Waals surface area contributed by atoms with Crippen LogP contribution in [0, 0.1) is 0 Å². The molecule has 0 aromatic heterocycles. The Balaban J connectivity index is 2.50. The Morgan fingerprint density at radius 3 is 2.60 bits per heavy atom. The molecule has 0 unspecified atom stereocenters. The number of aliphatic hydroxyl groups is 1. The summed E-state index contributed by atoms with van der Waals surface area (Å²) in [6.07, 6.45) is 1.33. The monoisotopic (exact) mass is 202 g/mol. The smallest absolute Gasteiger partial charge is 0.199 e. The van der Waals surface area contributed by atoms with E-state index < -0.39 is 0 Å². The van der Waals surface area contributed by atoms with Crippen LogP contribution in [0.4, 0.5) is 0 Å². The fourth-order valence-electron chi connectivity index (χ4n) is 1.53. The molecule has 1 aliphatic carbocycles. The number of carbonyl (C=O) groups is 1. The van der Waals surface area contributed by atoms with Gasteiger partial charge in [-0.3, -0.25) is 4.79 Å². The van der Waals surface area contributed by atoms with E-state index in [0.717, 1.165) is 0 Å². The highest BCUT2D eigenvalue weighted by Gasteiger charge is 2.27. The Morgan fingerprint density at radius 2 is 2.00 bits per heavy atom. The molecule has 0 radical (unpaired) electrons. The highest BCUT2D eigenvalue weighted by molar-refractivity contribution is 6.30. The summed E-state index contributed by atoms with van der Waals surface area (Å²) in [5.74, 6) is -0.197. The van der Waals surface area contributed by atoms with E-state index in [-0.39, 0.29) is 17.1 Å². The minimum Gasteiger partial charge on any atom is -0.506 e. The molecule has 0 atom stereocenters. The molecule has 0 aliphatic heterocycles. The molecular formula is C11H10N2O2. The average Bonchev–Trinajstić information content (AvgIpc) is 2.51. The standard InChI is InChI=1S/C11H10N2O2/c1-12-13-6-9-10(14)7-4-2-3-5-8(7)11(9)15/h2-6,12,14H,1H3/b13-6+. The average molecular weight is 202 g/mol. The number of benzene rings is 1. The Labute approximate surface area is 86.9 Å². The summed E-state index contributed by atoms with van der Waals surface area (Å²) in [6, 6.07) is 6.94. The van der Waals surface area contributed by atoms with Gasteiger partial charge in [-0.05, 0) is 0 Å². The number of nitrogens with one attached hydrogen (secondary N) is 1. The van der Waals surface area contributed by atoms with Crippen molar-refractivity contribution in [2.45, 2.75) is 0 Å². The predicted molar refractivity (Wildman–Crippen MR) is 57.9 cm³/mol. The van der Waals surface area contributed by atoms with Gasteiger partial charge in [-0.2, -0.15) is 5.10 Å². The van der Waals surface area contributed by atoms with Crippen molar-refractivity contribution in [3.05, 3.63) is 41.0 Å². The zero-order chi connectivity index (χ0) is 10.8. The molecule has 0 saturated carbocycles. The largest absolute Gasteiger partial charge is 0.506 e. The van der Waals surface area contributed by atoms with Crippen LogP contribution in [0.1, 0.15) is 15.9 Å². The summed E-state index contributed by atoms with van der Waals surface area (Å²) in [6.45, 7) is 0. The number of hydrogen-bond acceptors (Lipinski definition) is 4. The molecule has 0 saturated heterocycles. The zero-order valence-corrected chi connectivity index (χ0v) is 8.19. The van der Waals surface area contributed by atoms with E-state index in [2.05, 4.69) is 10.5 Å². The number of nitrogens with zero attached hydrogens (tertiary/aromatic N) is 1. The van der Waals surface area contributed by atoms with Crippen molar-refractivity contribution in [1.29, 1.82) is 0 Å². The maximum atomic E-state index is 11.8. The second-order valence-corrected chi connectivity index (χ2v) is 3.12. The number of aliphatic hydroxyl groups excluding tert-OH is 1. The molecule has 4 heteroatoms. The number of ketones is 1. The van der Waals surface area contributed by atoms with Crippen molar-refractivity contribution < 1.29 is 9.90 Å². The van der Waals surface area contributed by atoms with Crippen molar-refractivity contribution in [1.82, 2.24) is 5.43 Å². The van der Waals surface area contributed by atoms with Crippen LogP contribution in [0.2, 0.25) is 0 Å². The number of rotatable bonds is 2. The fraction of sp³-hybridized carbons (Fsp3) is 0.0909. The van der Waals surface area contributed by atoms with Crippen LogP contribution < -0.4 is 5.43 Å². The quantitative estimate of drug-likeness (QED) is 0.562. The summed E-state index contributed by atoms with van der Waals surface area (Å²) in [5.41, 5.74) is 3.85. The number of Topliss-reactive ketones (excluding diaryl/α,β-unsaturated/α-hetero) is 1. The molecule has 0 bridgehead atoms. The molecule has 15 heavy (non-hydrogen) atoms. The van der Waals surface area contributed by atoms with Gasteiger partial charge in [0.05, 0.1) is 11.8 Å². The molecule has 0 spiro atoms. The first-order valence-corrected chi connectivity index (χ1v) is 4.53. The van der Waals surface area contributed by atoms with E-state index in [1.807, 2.05) is 0 Å². The molecule has 2 rings (SSSR count).